The van der Waals surface area contributed by atoms with E-state index < -0.39 is 0 Å². The molecule has 1 aromatic rings. The Labute approximate surface area is 128 Å². The molecule has 1 unspecified atom stereocenters. The van der Waals surface area contributed by atoms with Crippen LogP contribution in [0.2, 0.25) is 5.02 Å². The lowest BCUT2D eigenvalue weighted by Crippen LogP contribution is -2.31. The van der Waals surface area contributed by atoms with Crippen molar-refractivity contribution >= 4 is 17.3 Å². The van der Waals surface area contributed by atoms with Crippen molar-refractivity contribution in [2.45, 2.75) is 33.2 Å². The van der Waals surface area contributed by atoms with Crippen LogP contribution in [0.15, 0.2) is 18.2 Å². The van der Waals surface area contributed by atoms with Gasteiger partial charge in [0.05, 0.1) is 6.61 Å². The van der Waals surface area contributed by atoms with Crippen LogP contribution in [0.5, 0.6) is 0 Å². The molecular formula is C16H27ClN2O. The van der Waals surface area contributed by atoms with E-state index in [0.717, 1.165) is 35.8 Å². The van der Waals surface area contributed by atoms with E-state index in [4.69, 9.17) is 22.1 Å². The summed E-state index contributed by atoms with van der Waals surface area (Å²) in [5, 5.41) is 0.797. The number of rotatable bonds is 8. The summed E-state index contributed by atoms with van der Waals surface area (Å²) in [5.41, 5.74) is 8.10. The van der Waals surface area contributed by atoms with Crippen molar-refractivity contribution in [3.05, 3.63) is 28.8 Å². The average Bonchev–Trinajstić information content (AvgIpc) is 2.36. The summed E-state index contributed by atoms with van der Waals surface area (Å²) in [5.74, 6) is 0.592. The van der Waals surface area contributed by atoms with Gasteiger partial charge in [-0.2, -0.15) is 0 Å². The number of hydrogen-bond acceptors (Lipinski definition) is 3. The van der Waals surface area contributed by atoms with Crippen LogP contribution in [0.25, 0.3) is 0 Å². The van der Waals surface area contributed by atoms with Crippen molar-refractivity contribution in [1.82, 2.24) is 0 Å². The van der Waals surface area contributed by atoms with Crippen molar-refractivity contribution in [3.63, 3.8) is 0 Å². The molecule has 4 heteroatoms. The Kier molecular flexibility index (Phi) is 7.35. The lowest BCUT2D eigenvalue weighted by Gasteiger charge is -2.27. The zero-order chi connectivity index (χ0) is 15.1. The Morgan fingerprint density at radius 3 is 2.50 bits per heavy atom. The zero-order valence-electron chi connectivity index (χ0n) is 13.0. The average molecular weight is 299 g/mol. The highest BCUT2D eigenvalue weighted by Crippen LogP contribution is 2.25. The molecule has 20 heavy (non-hydrogen) atoms. The summed E-state index contributed by atoms with van der Waals surface area (Å²) in [4.78, 5) is 2.32. The fraction of sp³-hybridized carbons (Fsp3) is 0.625. The Balaban J connectivity index is 2.87. The molecule has 0 aliphatic carbocycles. The summed E-state index contributed by atoms with van der Waals surface area (Å²) < 4.78 is 5.19. The third-order valence-electron chi connectivity index (χ3n) is 3.09. The molecular weight excluding hydrogens is 272 g/mol. The Morgan fingerprint density at radius 1 is 1.30 bits per heavy atom. The number of nitrogens with zero attached hydrogens (tertiary/aromatic N) is 1. The van der Waals surface area contributed by atoms with Gasteiger partial charge in [-0.25, -0.2) is 0 Å². The van der Waals surface area contributed by atoms with Crippen LogP contribution in [-0.4, -0.2) is 32.8 Å². The summed E-state index contributed by atoms with van der Waals surface area (Å²) in [6.07, 6.45) is 0.807. The van der Waals surface area contributed by atoms with Crippen LogP contribution in [0.3, 0.4) is 0 Å². The smallest absolute Gasteiger partial charge is 0.0637 e. The molecule has 1 aromatic carbocycles. The standard InChI is InChI=1S/C16H27ClN2O/c1-12(2)11-19(7-8-20-4)15-6-5-14(9-13(3)18)16(17)10-15/h5-6,10,12-13H,7-9,11,18H2,1-4H3. The van der Waals surface area contributed by atoms with Crippen molar-refractivity contribution in [1.29, 1.82) is 0 Å². The van der Waals surface area contributed by atoms with Crippen molar-refractivity contribution in [2.75, 3.05) is 31.7 Å². The highest BCUT2D eigenvalue weighted by atomic mass is 35.5. The number of anilines is 1. The van der Waals surface area contributed by atoms with Gasteiger partial charge in [-0.05, 0) is 37.0 Å². The van der Waals surface area contributed by atoms with Gasteiger partial charge in [-0.15, -0.1) is 0 Å². The monoisotopic (exact) mass is 298 g/mol. The van der Waals surface area contributed by atoms with Crippen molar-refractivity contribution in [3.8, 4) is 0 Å². The zero-order valence-corrected chi connectivity index (χ0v) is 13.8. The molecule has 1 atom stereocenters. The fourth-order valence-corrected chi connectivity index (χ4v) is 2.47. The second kappa shape index (κ2) is 8.50. The topological polar surface area (TPSA) is 38.5 Å². The van der Waals surface area contributed by atoms with E-state index in [1.165, 1.54) is 0 Å². The van der Waals surface area contributed by atoms with Gasteiger partial charge in [0, 0.05) is 37.0 Å². The van der Waals surface area contributed by atoms with Crippen LogP contribution in [0.4, 0.5) is 5.69 Å². The minimum Gasteiger partial charge on any atom is -0.383 e. The SMILES string of the molecule is COCCN(CC(C)C)c1ccc(CC(C)N)c(Cl)c1. The van der Waals surface area contributed by atoms with Gasteiger partial charge in [0.1, 0.15) is 0 Å². The maximum absolute atomic E-state index is 6.37. The lowest BCUT2D eigenvalue weighted by molar-refractivity contribution is 0.204. The molecule has 1 rings (SSSR count). The highest BCUT2D eigenvalue weighted by Gasteiger charge is 2.11. The molecule has 0 aliphatic heterocycles. The van der Waals surface area contributed by atoms with Gasteiger partial charge in [0.15, 0.2) is 0 Å². The molecule has 0 fully saturated rings. The molecule has 0 amide bonds. The number of halogens is 1. The van der Waals surface area contributed by atoms with E-state index in [-0.39, 0.29) is 6.04 Å². The second-order valence-corrected chi connectivity index (χ2v) is 6.20. The molecule has 0 saturated carbocycles. The molecule has 2 N–H and O–H groups in total. The van der Waals surface area contributed by atoms with E-state index in [2.05, 4.69) is 30.9 Å². The van der Waals surface area contributed by atoms with Gasteiger partial charge < -0.3 is 15.4 Å². The number of nitrogens with two attached hydrogens (primary N) is 1. The molecule has 0 bridgehead atoms. The first-order chi connectivity index (χ1) is 9.43. The third kappa shape index (κ3) is 5.70. The quantitative estimate of drug-likeness (QED) is 0.800. The van der Waals surface area contributed by atoms with E-state index in [1.807, 2.05) is 13.0 Å². The molecule has 0 aliphatic rings. The van der Waals surface area contributed by atoms with Crippen LogP contribution in [-0.2, 0) is 11.2 Å². The highest BCUT2D eigenvalue weighted by molar-refractivity contribution is 6.31. The first kappa shape index (κ1) is 17.3. The van der Waals surface area contributed by atoms with Gasteiger partial charge >= 0.3 is 0 Å². The second-order valence-electron chi connectivity index (χ2n) is 5.79. The van der Waals surface area contributed by atoms with E-state index in [0.29, 0.717) is 12.5 Å². The van der Waals surface area contributed by atoms with E-state index in [9.17, 15) is 0 Å². The van der Waals surface area contributed by atoms with Crippen molar-refractivity contribution < 1.29 is 4.74 Å². The van der Waals surface area contributed by atoms with Crippen LogP contribution in [0, 0.1) is 5.92 Å². The molecule has 3 nitrogen and oxygen atoms in total. The largest absolute Gasteiger partial charge is 0.383 e. The summed E-state index contributed by atoms with van der Waals surface area (Å²) in [6, 6.07) is 6.37. The molecule has 0 radical (unpaired) electrons. The summed E-state index contributed by atoms with van der Waals surface area (Å²) >= 11 is 6.37. The first-order valence-corrected chi connectivity index (χ1v) is 7.59. The minimum atomic E-state index is 0.124. The lowest BCUT2D eigenvalue weighted by atomic mass is 10.1. The van der Waals surface area contributed by atoms with Crippen LogP contribution in [0.1, 0.15) is 26.3 Å². The number of methoxy groups -OCH3 is 1. The molecule has 0 heterocycles. The van der Waals surface area contributed by atoms with Crippen LogP contribution < -0.4 is 10.6 Å². The van der Waals surface area contributed by atoms with E-state index in [1.54, 1.807) is 7.11 Å². The molecule has 114 valence electrons. The Morgan fingerprint density at radius 2 is 2.00 bits per heavy atom. The van der Waals surface area contributed by atoms with Gasteiger partial charge in [0.2, 0.25) is 0 Å². The summed E-state index contributed by atoms with van der Waals surface area (Å²) in [6.45, 7) is 9.00. The Hall–Kier alpha value is -0.770. The number of benzene rings is 1. The number of ether oxygens (including phenoxy) is 1. The third-order valence-corrected chi connectivity index (χ3v) is 3.45. The number of hydrogen-bond donors (Lipinski definition) is 1. The van der Waals surface area contributed by atoms with E-state index >= 15 is 0 Å². The van der Waals surface area contributed by atoms with Gasteiger partial charge in [-0.3, -0.25) is 0 Å². The summed E-state index contributed by atoms with van der Waals surface area (Å²) in [7, 11) is 1.73. The predicted molar refractivity (Wildman–Crippen MR) is 87.7 cm³/mol. The van der Waals surface area contributed by atoms with Gasteiger partial charge in [-0.1, -0.05) is 31.5 Å². The normalized spacial score (nSPS) is 12.8. The predicted octanol–water partition coefficient (Wildman–Crippen LogP) is 3.34. The Bertz CT molecular complexity index is 407. The maximum Gasteiger partial charge on any atom is 0.0637 e. The van der Waals surface area contributed by atoms with Gasteiger partial charge in [0.25, 0.3) is 0 Å². The minimum absolute atomic E-state index is 0.124. The first-order valence-electron chi connectivity index (χ1n) is 7.22. The molecule has 0 saturated heterocycles. The van der Waals surface area contributed by atoms with Crippen molar-refractivity contribution in [2.24, 2.45) is 11.7 Å². The fourth-order valence-electron chi connectivity index (χ4n) is 2.21. The maximum atomic E-state index is 6.37. The van der Waals surface area contributed by atoms with Crippen LogP contribution >= 0.6 is 11.6 Å². The molecule has 0 spiro atoms. The molecule has 0 aromatic heterocycles.